The van der Waals surface area contributed by atoms with Crippen molar-refractivity contribution in [3.8, 4) is 0 Å². The quantitative estimate of drug-likeness (QED) is 0.138. The zero-order valence-corrected chi connectivity index (χ0v) is 35.6. The van der Waals surface area contributed by atoms with Crippen molar-refractivity contribution in [2.75, 3.05) is 55.6 Å². The minimum absolute atomic E-state index is 0.0463. The molecule has 0 saturated carbocycles. The highest BCUT2D eigenvalue weighted by molar-refractivity contribution is 7.80. The van der Waals surface area contributed by atoms with E-state index in [1.165, 1.54) is 17.0 Å². The van der Waals surface area contributed by atoms with Crippen molar-refractivity contribution in [1.29, 1.82) is 0 Å². The Hall–Kier alpha value is -3.72. The van der Waals surface area contributed by atoms with Crippen LogP contribution >= 0.6 is 48.3 Å². The fourth-order valence-corrected chi connectivity index (χ4v) is 10.0. The van der Waals surface area contributed by atoms with Gasteiger partial charge < -0.3 is 4.90 Å². The topological polar surface area (TPSA) is 64.2 Å². The lowest BCUT2D eigenvalue weighted by molar-refractivity contribution is -1.41. The van der Waals surface area contributed by atoms with Crippen molar-refractivity contribution in [3.63, 3.8) is 0 Å². The summed E-state index contributed by atoms with van der Waals surface area (Å²) < 4.78 is 14.5. The molecule has 0 N–H and O–H groups in total. The molecule has 3 aliphatic rings. The van der Waals surface area contributed by atoms with Gasteiger partial charge in [-0.3, -0.25) is 19.3 Å². The second kappa shape index (κ2) is 15.7. The zero-order chi connectivity index (χ0) is 40.1. The van der Waals surface area contributed by atoms with Crippen molar-refractivity contribution in [2.45, 2.75) is 66.7 Å². The first-order valence-corrected chi connectivity index (χ1v) is 20.3. The van der Waals surface area contributed by atoms with Crippen molar-refractivity contribution in [3.05, 3.63) is 93.3 Å². The number of hydrogen-bond donors (Lipinski definition) is 0. The van der Waals surface area contributed by atoms with E-state index in [0.29, 0.717) is 46.0 Å². The summed E-state index contributed by atoms with van der Waals surface area (Å²) in [5.41, 5.74) is 5.78. The van der Waals surface area contributed by atoms with Gasteiger partial charge in [0.25, 0.3) is 11.8 Å². The summed E-state index contributed by atoms with van der Waals surface area (Å²) in [6.07, 6.45) is 0.532. The van der Waals surface area contributed by atoms with Gasteiger partial charge in [0.15, 0.2) is 5.11 Å². The molecule has 290 valence electrons. The molecule has 3 fully saturated rings. The number of benzene rings is 3. The van der Waals surface area contributed by atoms with Crippen LogP contribution in [-0.2, 0) is 20.8 Å². The Morgan fingerprint density at radius 2 is 1.38 bits per heavy atom. The number of amides is 3. The van der Waals surface area contributed by atoms with Crippen LogP contribution in [-0.4, -0.2) is 97.9 Å². The second-order valence-corrected chi connectivity index (χ2v) is 16.8. The third-order valence-corrected chi connectivity index (χ3v) is 13.3. The number of thiocarbonyl (C=S) groups is 3. The van der Waals surface area contributed by atoms with Gasteiger partial charge in [-0.2, -0.15) is 0 Å². The molecular weight excluding hydrogens is 775 g/mol. The lowest BCUT2D eigenvalue weighted by Crippen LogP contribution is -2.76. The number of carbonyl (C=O) groups is 3. The van der Waals surface area contributed by atoms with Gasteiger partial charge in [0.05, 0.1) is 24.5 Å². The van der Waals surface area contributed by atoms with Crippen molar-refractivity contribution in [1.82, 2.24) is 9.80 Å². The molecule has 55 heavy (non-hydrogen) atoms. The van der Waals surface area contributed by atoms with E-state index in [-0.39, 0.29) is 76.6 Å². The largest absolute Gasteiger partial charge is 0.334 e. The van der Waals surface area contributed by atoms with Crippen LogP contribution in [0.5, 0.6) is 0 Å². The highest BCUT2D eigenvalue weighted by atomic mass is 35.5. The smallest absolute Gasteiger partial charge is 0.333 e. The number of aryl methyl sites for hydroxylation is 2. The maximum Gasteiger partial charge on any atom is 0.333 e. The van der Waals surface area contributed by atoms with E-state index in [9.17, 15) is 18.8 Å². The van der Waals surface area contributed by atoms with Crippen LogP contribution in [0.3, 0.4) is 0 Å². The molecule has 0 aliphatic carbocycles. The van der Waals surface area contributed by atoms with Crippen LogP contribution in [0.4, 0.5) is 15.8 Å². The summed E-state index contributed by atoms with van der Waals surface area (Å²) in [5.74, 6) is -0.976. The maximum atomic E-state index is 14.8. The predicted molar refractivity (Wildman–Crippen MR) is 227 cm³/mol. The SMILES string of the molecule is CC[N+]1([N+]2(CCN3CC(=O)N(CCc4c(C)cccc4Cl)C3=S)CC(=O)N(c3cc(F)ccc3C)C2=S)CC(=O)N(c2c(C(C)C)cccc2C(C)C)C1=S. The number of nitrogens with zero attached hydrogens (tertiary/aromatic N) is 6. The Labute approximate surface area is 344 Å². The molecule has 3 aromatic carbocycles. The van der Waals surface area contributed by atoms with E-state index in [4.69, 9.17) is 48.3 Å². The lowest BCUT2D eigenvalue weighted by atomic mass is 9.92. The predicted octanol–water partition coefficient (Wildman–Crippen LogP) is 7.55. The molecule has 14 heteroatoms. The van der Waals surface area contributed by atoms with Gasteiger partial charge in [0, 0.05) is 36.0 Å². The van der Waals surface area contributed by atoms with Crippen LogP contribution in [0.2, 0.25) is 5.02 Å². The molecule has 3 heterocycles. The van der Waals surface area contributed by atoms with Crippen LogP contribution in [0, 0.1) is 19.7 Å². The minimum atomic E-state index is -0.502. The molecule has 3 saturated heterocycles. The van der Waals surface area contributed by atoms with Crippen LogP contribution in [0.25, 0.3) is 0 Å². The number of hydrogen-bond acceptors (Lipinski definition) is 6. The van der Waals surface area contributed by atoms with E-state index >= 15 is 0 Å². The Morgan fingerprint density at radius 1 is 0.782 bits per heavy atom. The van der Waals surface area contributed by atoms with Crippen LogP contribution in [0.15, 0.2) is 54.6 Å². The Balaban J connectivity index is 1.41. The molecule has 0 bridgehead atoms. The summed E-state index contributed by atoms with van der Waals surface area (Å²) in [7, 11) is 0. The summed E-state index contributed by atoms with van der Waals surface area (Å²) in [5, 5.41) is 1.56. The zero-order valence-electron chi connectivity index (χ0n) is 32.4. The third kappa shape index (κ3) is 6.91. The second-order valence-electron chi connectivity index (χ2n) is 15.3. The summed E-state index contributed by atoms with van der Waals surface area (Å²) in [6.45, 7) is 15.1. The van der Waals surface area contributed by atoms with Gasteiger partial charge >= 0.3 is 10.2 Å². The molecular formula is C41H48ClFN6O3S3+2. The minimum Gasteiger partial charge on any atom is -0.334 e. The van der Waals surface area contributed by atoms with E-state index < -0.39 is 5.82 Å². The Kier molecular flexibility index (Phi) is 11.7. The van der Waals surface area contributed by atoms with E-state index in [2.05, 4.69) is 27.7 Å². The number of rotatable bonds is 12. The standard InChI is InChI=1S/C41H48ClFN6O3S3/c1-8-48(23-37(52)47(41(48)55)38-30(25(2)3)12-10-13-31(38)26(4)5)49(24-36(51)46(40(49)54)34-21-29(43)16-15-28(34)7)20-19-44-22-35(50)45(39(44)53)18-17-32-27(6)11-9-14-33(32)42/h9-16,21,25-26H,8,17-20,22-24H2,1-7H3/q+2. The molecule has 0 radical (unpaired) electrons. The van der Waals surface area contributed by atoms with Gasteiger partial charge in [-0.15, -0.1) is 0 Å². The highest BCUT2D eigenvalue weighted by Crippen LogP contribution is 2.44. The fourth-order valence-electron chi connectivity index (χ4n) is 8.32. The lowest BCUT2D eigenvalue weighted by Gasteiger charge is -2.46. The molecule has 2 atom stereocenters. The van der Waals surface area contributed by atoms with Crippen LogP contribution in [0.1, 0.15) is 74.3 Å². The van der Waals surface area contributed by atoms with Gasteiger partial charge in [-0.25, -0.2) is 14.2 Å². The number of carbonyl (C=O) groups excluding carboxylic acids is 3. The molecule has 0 spiro atoms. The van der Waals surface area contributed by atoms with E-state index in [1.54, 1.807) is 22.8 Å². The normalized spacial score (nSPS) is 21.9. The van der Waals surface area contributed by atoms with Gasteiger partial charge in [0.2, 0.25) is 19.0 Å². The summed E-state index contributed by atoms with van der Waals surface area (Å²) >= 11 is 25.2. The number of halogens is 2. The first-order chi connectivity index (χ1) is 26.0. The van der Waals surface area contributed by atoms with Crippen molar-refractivity contribution < 1.29 is 28.0 Å². The molecule has 0 aromatic heterocycles. The molecule has 9 nitrogen and oxygen atoms in total. The van der Waals surface area contributed by atoms with Gasteiger partial charge in [0.1, 0.15) is 18.9 Å². The Morgan fingerprint density at radius 3 is 2.00 bits per heavy atom. The molecule has 2 unspecified atom stereocenters. The number of para-hydroxylation sites is 1. The molecule has 3 amide bonds. The summed E-state index contributed by atoms with van der Waals surface area (Å²) in [4.78, 5) is 49.0. The van der Waals surface area contributed by atoms with Crippen LogP contribution < -0.4 is 9.80 Å². The maximum absolute atomic E-state index is 14.8. The monoisotopic (exact) mass is 822 g/mol. The van der Waals surface area contributed by atoms with Crippen molar-refractivity contribution >= 4 is 92.7 Å². The highest BCUT2D eigenvalue weighted by Gasteiger charge is 2.70. The number of quaternary nitrogens is 2. The van der Waals surface area contributed by atoms with Gasteiger partial charge in [-0.05, 0) is 97.3 Å². The average Bonchev–Trinajstić information content (AvgIpc) is 3.67. The van der Waals surface area contributed by atoms with Gasteiger partial charge in [-0.1, -0.05) is 84.9 Å². The van der Waals surface area contributed by atoms with E-state index in [0.717, 1.165) is 27.9 Å². The molecule has 3 aliphatic heterocycles. The van der Waals surface area contributed by atoms with E-state index in [1.807, 2.05) is 55.1 Å². The third-order valence-electron chi connectivity index (χ3n) is 11.4. The fraction of sp³-hybridized carbons (Fsp3) is 0.415. The molecule has 6 rings (SSSR count). The Bertz CT molecular complexity index is 2080. The van der Waals surface area contributed by atoms with Crippen molar-refractivity contribution in [2.24, 2.45) is 0 Å². The first kappa shape index (κ1) is 40.9. The number of anilines is 2. The first-order valence-electron chi connectivity index (χ1n) is 18.7. The molecule has 3 aromatic rings. The summed E-state index contributed by atoms with van der Waals surface area (Å²) in [6, 6.07) is 16.1. The number of likely N-dealkylation sites (N-methyl/N-ethyl adjacent to an activating group) is 1. The average molecular weight is 824 g/mol.